The van der Waals surface area contributed by atoms with Gasteiger partial charge in [0.25, 0.3) is 11.8 Å². The molecule has 29 heavy (non-hydrogen) atoms. The van der Waals surface area contributed by atoms with Crippen molar-refractivity contribution in [1.82, 2.24) is 19.4 Å². The van der Waals surface area contributed by atoms with Crippen LogP contribution in [-0.4, -0.2) is 50.3 Å². The Morgan fingerprint density at radius 2 is 1.93 bits per heavy atom. The molecule has 6 nitrogen and oxygen atoms in total. The van der Waals surface area contributed by atoms with Crippen LogP contribution in [0.3, 0.4) is 0 Å². The van der Waals surface area contributed by atoms with Crippen molar-refractivity contribution in [3.8, 4) is 0 Å². The van der Waals surface area contributed by atoms with Crippen LogP contribution in [0.15, 0.2) is 67.0 Å². The Balaban J connectivity index is 1.47. The number of pyridine rings is 1. The molecule has 2 aliphatic heterocycles. The normalized spacial score (nSPS) is 20.5. The second-order valence-electron chi connectivity index (χ2n) is 7.77. The number of carbonyl (C=O) groups is 2. The van der Waals surface area contributed by atoms with Gasteiger partial charge in [0.15, 0.2) is 0 Å². The minimum absolute atomic E-state index is 0.00763. The molecule has 0 bridgehead atoms. The van der Waals surface area contributed by atoms with Crippen LogP contribution in [0.4, 0.5) is 0 Å². The van der Waals surface area contributed by atoms with Crippen LogP contribution in [0.2, 0.25) is 0 Å². The summed E-state index contributed by atoms with van der Waals surface area (Å²) in [5.74, 6) is 0.00815. The van der Waals surface area contributed by atoms with E-state index in [0.29, 0.717) is 30.9 Å². The first-order valence-electron chi connectivity index (χ1n) is 9.85. The number of likely N-dealkylation sites (tertiary alicyclic amines) is 1. The van der Waals surface area contributed by atoms with Gasteiger partial charge in [-0.15, -0.1) is 0 Å². The molecule has 0 saturated carbocycles. The maximum Gasteiger partial charge on any atom is 0.271 e. The van der Waals surface area contributed by atoms with Crippen LogP contribution in [0.1, 0.15) is 38.1 Å². The lowest BCUT2D eigenvalue weighted by atomic mass is 10.1. The first-order valence-corrected chi connectivity index (χ1v) is 9.85. The van der Waals surface area contributed by atoms with Crippen molar-refractivity contribution >= 4 is 11.8 Å². The van der Waals surface area contributed by atoms with Crippen LogP contribution < -0.4 is 0 Å². The summed E-state index contributed by atoms with van der Waals surface area (Å²) < 4.78 is 2.03. The Morgan fingerprint density at radius 1 is 1.07 bits per heavy atom. The van der Waals surface area contributed by atoms with E-state index in [0.717, 1.165) is 11.3 Å². The monoisotopic (exact) mass is 386 g/mol. The predicted molar refractivity (Wildman–Crippen MR) is 108 cm³/mol. The highest BCUT2D eigenvalue weighted by Gasteiger charge is 2.46. The third-order valence-electron chi connectivity index (χ3n) is 5.89. The van der Waals surface area contributed by atoms with Gasteiger partial charge < -0.3 is 14.4 Å². The van der Waals surface area contributed by atoms with Gasteiger partial charge in [-0.2, -0.15) is 0 Å². The first kappa shape index (κ1) is 17.7. The van der Waals surface area contributed by atoms with Crippen molar-refractivity contribution in [2.45, 2.75) is 25.6 Å². The lowest BCUT2D eigenvalue weighted by molar-refractivity contribution is 0.0547. The van der Waals surface area contributed by atoms with Gasteiger partial charge in [0.05, 0.1) is 24.3 Å². The number of amides is 2. The molecule has 2 amide bonds. The highest BCUT2D eigenvalue weighted by Crippen LogP contribution is 2.35. The first-order chi connectivity index (χ1) is 14.1. The van der Waals surface area contributed by atoms with Gasteiger partial charge in [0, 0.05) is 31.0 Å². The molecule has 1 saturated heterocycles. The van der Waals surface area contributed by atoms with E-state index >= 15 is 0 Å². The zero-order valence-corrected chi connectivity index (χ0v) is 16.2. The van der Waals surface area contributed by atoms with Crippen LogP contribution in [0, 0.1) is 6.92 Å². The minimum Gasteiger partial charge on any atom is -0.337 e. The highest BCUT2D eigenvalue weighted by atomic mass is 16.2. The largest absolute Gasteiger partial charge is 0.337 e. The summed E-state index contributed by atoms with van der Waals surface area (Å²) in [6.07, 6.45) is 3.69. The van der Waals surface area contributed by atoms with E-state index in [1.165, 1.54) is 0 Å². The molecule has 5 rings (SSSR count). The maximum absolute atomic E-state index is 13.2. The van der Waals surface area contributed by atoms with Gasteiger partial charge in [-0.25, -0.2) is 0 Å². The quantitative estimate of drug-likeness (QED) is 0.695. The Hall–Kier alpha value is -3.41. The van der Waals surface area contributed by atoms with Crippen LogP contribution in [0.5, 0.6) is 0 Å². The summed E-state index contributed by atoms with van der Waals surface area (Å²) in [5.41, 5.74) is 3.28. The Bertz CT molecular complexity index is 1080. The molecular weight excluding hydrogens is 364 g/mol. The van der Waals surface area contributed by atoms with Gasteiger partial charge in [-0.05, 0) is 43.3 Å². The summed E-state index contributed by atoms with van der Waals surface area (Å²) in [4.78, 5) is 34.5. The number of rotatable bonds is 3. The SMILES string of the molecule is Cc1cccc(C(=O)N2C[C@H]3[C@H](C2)n2cccc2C(=O)N3Cc2ccccn2)c1. The molecule has 0 spiro atoms. The van der Waals surface area contributed by atoms with E-state index in [1.54, 1.807) is 6.20 Å². The van der Waals surface area contributed by atoms with Crippen molar-refractivity contribution in [2.75, 3.05) is 13.1 Å². The van der Waals surface area contributed by atoms with Gasteiger partial charge in [0.2, 0.25) is 0 Å². The van der Waals surface area contributed by atoms with Crippen LogP contribution in [-0.2, 0) is 6.54 Å². The van der Waals surface area contributed by atoms with E-state index < -0.39 is 0 Å². The molecule has 0 aliphatic carbocycles. The molecule has 2 aromatic heterocycles. The number of benzene rings is 1. The van der Waals surface area contributed by atoms with Gasteiger partial charge in [0.1, 0.15) is 5.69 Å². The van der Waals surface area contributed by atoms with Crippen molar-refractivity contribution in [3.05, 3.63) is 89.5 Å². The summed E-state index contributed by atoms with van der Waals surface area (Å²) >= 11 is 0. The predicted octanol–water partition coefficient (Wildman–Crippen LogP) is 2.91. The summed E-state index contributed by atoms with van der Waals surface area (Å²) in [5, 5.41) is 0. The molecule has 0 unspecified atom stereocenters. The fourth-order valence-electron chi connectivity index (χ4n) is 4.49. The average Bonchev–Trinajstić information content (AvgIpc) is 3.39. The summed E-state index contributed by atoms with van der Waals surface area (Å²) in [7, 11) is 0. The number of aromatic nitrogens is 2. The van der Waals surface area contributed by atoms with Gasteiger partial charge in [-0.1, -0.05) is 23.8 Å². The molecule has 2 atom stereocenters. The summed E-state index contributed by atoms with van der Waals surface area (Å²) in [6, 6.07) is 17.1. The second-order valence-corrected chi connectivity index (χ2v) is 7.77. The Labute approximate surface area is 169 Å². The Kier molecular flexibility index (Phi) is 4.19. The lowest BCUT2D eigenvalue weighted by Crippen LogP contribution is -2.50. The number of fused-ring (bicyclic) bond motifs is 3. The molecule has 3 aromatic rings. The van der Waals surface area contributed by atoms with E-state index in [9.17, 15) is 9.59 Å². The molecule has 2 aliphatic rings. The zero-order chi connectivity index (χ0) is 20.0. The fraction of sp³-hybridized carbons (Fsp3) is 0.261. The molecule has 1 fully saturated rings. The maximum atomic E-state index is 13.2. The fourth-order valence-corrected chi connectivity index (χ4v) is 4.49. The molecular formula is C23H22N4O2. The third kappa shape index (κ3) is 3.01. The topological polar surface area (TPSA) is 58.4 Å². The zero-order valence-electron chi connectivity index (χ0n) is 16.2. The Morgan fingerprint density at radius 3 is 2.72 bits per heavy atom. The second kappa shape index (κ2) is 6.88. The number of hydrogen-bond donors (Lipinski definition) is 0. The van der Waals surface area contributed by atoms with Crippen molar-refractivity contribution < 1.29 is 9.59 Å². The standard InChI is InChI=1S/C23H22N4O2/c1-16-6-4-7-17(12-16)22(28)25-14-20-21(15-25)27(13-18-8-2-3-10-24-18)23(29)19-9-5-11-26(19)20/h2-12,20-21H,13-15H2,1H3/t20-,21-/m0/s1. The number of nitrogens with zero attached hydrogens (tertiary/aromatic N) is 4. The average molecular weight is 386 g/mol. The third-order valence-corrected chi connectivity index (χ3v) is 5.89. The van der Waals surface area contributed by atoms with Gasteiger partial charge >= 0.3 is 0 Å². The summed E-state index contributed by atoms with van der Waals surface area (Å²) in [6.45, 7) is 3.54. The van der Waals surface area contributed by atoms with Crippen LogP contribution >= 0.6 is 0 Å². The van der Waals surface area contributed by atoms with E-state index in [4.69, 9.17) is 0 Å². The molecule has 0 N–H and O–H groups in total. The molecule has 1 aromatic carbocycles. The lowest BCUT2D eigenvalue weighted by Gasteiger charge is -2.37. The van der Waals surface area contributed by atoms with Crippen molar-refractivity contribution in [1.29, 1.82) is 0 Å². The van der Waals surface area contributed by atoms with Gasteiger partial charge in [-0.3, -0.25) is 14.6 Å². The molecule has 0 radical (unpaired) electrons. The van der Waals surface area contributed by atoms with Crippen LogP contribution in [0.25, 0.3) is 0 Å². The number of aryl methyl sites for hydroxylation is 1. The smallest absolute Gasteiger partial charge is 0.271 e. The molecule has 6 heteroatoms. The van der Waals surface area contributed by atoms with Crippen molar-refractivity contribution in [3.63, 3.8) is 0 Å². The van der Waals surface area contributed by atoms with E-state index in [1.807, 2.05) is 82.1 Å². The van der Waals surface area contributed by atoms with Crippen molar-refractivity contribution in [2.24, 2.45) is 0 Å². The highest BCUT2D eigenvalue weighted by molar-refractivity contribution is 5.96. The number of hydrogen-bond acceptors (Lipinski definition) is 3. The molecule has 146 valence electrons. The minimum atomic E-state index is -0.0711. The van der Waals surface area contributed by atoms with E-state index in [2.05, 4.69) is 4.98 Å². The van der Waals surface area contributed by atoms with E-state index in [-0.39, 0.29) is 23.9 Å². The molecule has 4 heterocycles. The number of carbonyl (C=O) groups excluding carboxylic acids is 2.